The summed E-state index contributed by atoms with van der Waals surface area (Å²) in [6.07, 6.45) is 0. The fraction of sp³-hybridized carbons (Fsp3) is 0.188. The Bertz CT molecular complexity index is 623. The molecule has 0 aromatic heterocycles. The van der Waals surface area contributed by atoms with Crippen LogP contribution in [-0.2, 0) is 0 Å². The molecule has 1 amide bonds. The van der Waals surface area contributed by atoms with Gasteiger partial charge in [0.05, 0.1) is 11.6 Å². The van der Waals surface area contributed by atoms with Gasteiger partial charge in [-0.25, -0.2) is 0 Å². The van der Waals surface area contributed by atoms with E-state index in [-0.39, 0.29) is 11.9 Å². The zero-order valence-electron chi connectivity index (χ0n) is 11.5. The summed E-state index contributed by atoms with van der Waals surface area (Å²) in [6.45, 7) is 3.89. The summed E-state index contributed by atoms with van der Waals surface area (Å²) >= 11 is 3.40. The lowest BCUT2D eigenvalue weighted by molar-refractivity contribution is 0.0940. The molecule has 0 fully saturated rings. The standard InChI is InChI=1S/C16H17BrN2O/c1-10-3-8-15(18)14(9-10)16(20)19-11(2)12-4-6-13(17)7-5-12/h3-9,11H,18H2,1-2H3,(H,19,20). The molecule has 1 atom stereocenters. The van der Waals surface area contributed by atoms with E-state index in [0.717, 1.165) is 15.6 Å². The first-order valence-electron chi connectivity index (χ1n) is 6.40. The van der Waals surface area contributed by atoms with Crippen LogP contribution in [0, 0.1) is 6.92 Å². The van der Waals surface area contributed by atoms with E-state index in [4.69, 9.17) is 5.73 Å². The van der Waals surface area contributed by atoms with Crippen molar-refractivity contribution < 1.29 is 4.79 Å². The molecule has 2 aromatic carbocycles. The summed E-state index contributed by atoms with van der Waals surface area (Å²) in [4.78, 5) is 12.3. The van der Waals surface area contributed by atoms with Gasteiger partial charge in [-0.3, -0.25) is 4.79 Å². The van der Waals surface area contributed by atoms with Crippen molar-refractivity contribution in [3.8, 4) is 0 Å². The van der Waals surface area contributed by atoms with Gasteiger partial charge in [-0.2, -0.15) is 0 Å². The molecule has 0 saturated carbocycles. The lowest BCUT2D eigenvalue weighted by Gasteiger charge is -2.15. The predicted molar refractivity (Wildman–Crippen MR) is 85.6 cm³/mol. The minimum atomic E-state index is -0.151. The van der Waals surface area contributed by atoms with E-state index in [2.05, 4.69) is 21.2 Å². The number of amides is 1. The largest absolute Gasteiger partial charge is 0.398 e. The average molecular weight is 333 g/mol. The summed E-state index contributed by atoms with van der Waals surface area (Å²) in [5, 5.41) is 2.97. The molecule has 20 heavy (non-hydrogen) atoms. The van der Waals surface area contributed by atoms with Crippen LogP contribution in [0.25, 0.3) is 0 Å². The van der Waals surface area contributed by atoms with Gasteiger partial charge in [-0.05, 0) is 43.7 Å². The lowest BCUT2D eigenvalue weighted by Crippen LogP contribution is -2.27. The fourth-order valence-corrected chi connectivity index (χ4v) is 2.24. The van der Waals surface area contributed by atoms with Gasteiger partial charge >= 0.3 is 0 Å². The smallest absolute Gasteiger partial charge is 0.253 e. The molecule has 0 heterocycles. The number of rotatable bonds is 3. The van der Waals surface area contributed by atoms with E-state index in [1.807, 2.05) is 44.2 Å². The molecule has 0 radical (unpaired) electrons. The molecule has 0 spiro atoms. The highest BCUT2D eigenvalue weighted by atomic mass is 79.9. The van der Waals surface area contributed by atoms with Crippen molar-refractivity contribution in [3.63, 3.8) is 0 Å². The van der Waals surface area contributed by atoms with Gasteiger partial charge < -0.3 is 11.1 Å². The third-order valence-electron chi connectivity index (χ3n) is 3.17. The number of nitrogen functional groups attached to an aromatic ring is 1. The molecule has 104 valence electrons. The monoisotopic (exact) mass is 332 g/mol. The van der Waals surface area contributed by atoms with Gasteiger partial charge in [0.25, 0.3) is 5.91 Å². The molecule has 4 heteroatoms. The van der Waals surface area contributed by atoms with E-state index in [1.165, 1.54) is 0 Å². The number of halogens is 1. The van der Waals surface area contributed by atoms with E-state index in [0.29, 0.717) is 11.3 Å². The second kappa shape index (κ2) is 6.09. The summed E-state index contributed by atoms with van der Waals surface area (Å²) in [5.41, 5.74) is 8.94. The zero-order chi connectivity index (χ0) is 14.7. The van der Waals surface area contributed by atoms with Crippen LogP contribution in [0.5, 0.6) is 0 Å². The molecule has 0 aliphatic carbocycles. The first kappa shape index (κ1) is 14.6. The van der Waals surface area contributed by atoms with Crippen molar-refractivity contribution in [1.82, 2.24) is 5.32 Å². The second-order valence-electron chi connectivity index (χ2n) is 4.84. The Kier molecular flexibility index (Phi) is 4.45. The van der Waals surface area contributed by atoms with Crippen LogP contribution in [0.15, 0.2) is 46.9 Å². The van der Waals surface area contributed by atoms with Gasteiger partial charge in [0, 0.05) is 10.2 Å². The van der Waals surface area contributed by atoms with Crippen LogP contribution >= 0.6 is 15.9 Å². The molecular formula is C16H17BrN2O. The molecule has 0 saturated heterocycles. The molecule has 0 aliphatic heterocycles. The Balaban J connectivity index is 2.15. The van der Waals surface area contributed by atoms with Crippen molar-refractivity contribution in [2.24, 2.45) is 0 Å². The zero-order valence-corrected chi connectivity index (χ0v) is 13.1. The highest BCUT2D eigenvalue weighted by Gasteiger charge is 2.13. The maximum Gasteiger partial charge on any atom is 0.253 e. The minimum absolute atomic E-state index is 0.0736. The van der Waals surface area contributed by atoms with E-state index in [1.54, 1.807) is 12.1 Å². The fourth-order valence-electron chi connectivity index (χ4n) is 1.98. The molecule has 3 N–H and O–H groups in total. The predicted octanol–water partition coefficient (Wildman–Crippen LogP) is 3.83. The highest BCUT2D eigenvalue weighted by Crippen LogP contribution is 2.19. The number of aryl methyl sites for hydroxylation is 1. The van der Waals surface area contributed by atoms with Gasteiger partial charge in [-0.15, -0.1) is 0 Å². The van der Waals surface area contributed by atoms with Crippen LogP contribution in [0.3, 0.4) is 0 Å². The topological polar surface area (TPSA) is 55.1 Å². The maximum absolute atomic E-state index is 12.3. The molecule has 2 rings (SSSR count). The van der Waals surface area contributed by atoms with Crippen molar-refractivity contribution in [1.29, 1.82) is 0 Å². The van der Waals surface area contributed by atoms with Crippen molar-refractivity contribution >= 4 is 27.5 Å². The Labute approximate surface area is 127 Å². The number of nitrogens with one attached hydrogen (secondary N) is 1. The summed E-state index contributed by atoms with van der Waals surface area (Å²) in [7, 11) is 0. The minimum Gasteiger partial charge on any atom is -0.398 e. The summed E-state index contributed by atoms with van der Waals surface area (Å²) in [5.74, 6) is -0.151. The average Bonchev–Trinajstić information content (AvgIpc) is 2.42. The quantitative estimate of drug-likeness (QED) is 0.839. The third kappa shape index (κ3) is 3.39. The number of nitrogens with two attached hydrogens (primary N) is 1. The number of hydrogen-bond acceptors (Lipinski definition) is 2. The molecular weight excluding hydrogens is 316 g/mol. The Morgan fingerprint density at radius 1 is 1.20 bits per heavy atom. The maximum atomic E-state index is 12.3. The van der Waals surface area contributed by atoms with Crippen LogP contribution in [-0.4, -0.2) is 5.91 Å². The number of anilines is 1. The number of hydrogen-bond donors (Lipinski definition) is 2. The van der Waals surface area contributed by atoms with Gasteiger partial charge in [0.2, 0.25) is 0 Å². The molecule has 0 aliphatic rings. The molecule has 2 aromatic rings. The Morgan fingerprint density at radius 2 is 1.85 bits per heavy atom. The van der Waals surface area contributed by atoms with Crippen LogP contribution in [0.1, 0.15) is 34.5 Å². The van der Waals surface area contributed by atoms with E-state index < -0.39 is 0 Å². The molecule has 0 bridgehead atoms. The van der Waals surface area contributed by atoms with Gasteiger partial charge in [0.1, 0.15) is 0 Å². The van der Waals surface area contributed by atoms with Crippen molar-refractivity contribution in [3.05, 3.63) is 63.6 Å². The van der Waals surface area contributed by atoms with E-state index >= 15 is 0 Å². The number of carbonyl (C=O) groups is 1. The van der Waals surface area contributed by atoms with Crippen LogP contribution in [0.2, 0.25) is 0 Å². The first-order chi connectivity index (χ1) is 9.47. The van der Waals surface area contributed by atoms with Crippen LogP contribution < -0.4 is 11.1 Å². The van der Waals surface area contributed by atoms with Crippen molar-refractivity contribution in [2.75, 3.05) is 5.73 Å². The normalized spacial score (nSPS) is 11.9. The second-order valence-corrected chi connectivity index (χ2v) is 5.75. The van der Waals surface area contributed by atoms with Gasteiger partial charge in [-0.1, -0.05) is 39.7 Å². The Hall–Kier alpha value is -1.81. The number of carbonyl (C=O) groups excluding carboxylic acids is 1. The van der Waals surface area contributed by atoms with E-state index in [9.17, 15) is 4.79 Å². The Morgan fingerprint density at radius 3 is 2.50 bits per heavy atom. The molecule has 1 unspecified atom stereocenters. The number of benzene rings is 2. The lowest BCUT2D eigenvalue weighted by atomic mass is 10.1. The molecule has 3 nitrogen and oxygen atoms in total. The van der Waals surface area contributed by atoms with Gasteiger partial charge in [0.15, 0.2) is 0 Å². The SMILES string of the molecule is Cc1ccc(N)c(C(=O)NC(C)c2ccc(Br)cc2)c1. The van der Waals surface area contributed by atoms with Crippen molar-refractivity contribution in [2.45, 2.75) is 19.9 Å². The third-order valence-corrected chi connectivity index (χ3v) is 3.70. The highest BCUT2D eigenvalue weighted by molar-refractivity contribution is 9.10. The van der Waals surface area contributed by atoms with Crippen LogP contribution in [0.4, 0.5) is 5.69 Å². The summed E-state index contributed by atoms with van der Waals surface area (Å²) < 4.78 is 1.02. The summed E-state index contributed by atoms with van der Waals surface area (Å²) in [6, 6.07) is 13.3. The first-order valence-corrected chi connectivity index (χ1v) is 7.19.